The Kier molecular flexibility index (Phi) is 5.07. The maximum Gasteiger partial charge on any atom is 0.125 e. The Morgan fingerprint density at radius 2 is 2.20 bits per heavy atom. The lowest BCUT2D eigenvalue weighted by molar-refractivity contribution is 0.172. The first-order valence-electron chi connectivity index (χ1n) is 5.06. The molecule has 0 saturated heterocycles. The van der Waals surface area contributed by atoms with Crippen LogP contribution in [-0.2, 0) is 11.3 Å². The van der Waals surface area contributed by atoms with E-state index < -0.39 is 0 Å². The van der Waals surface area contributed by atoms with Gasteiger partial charge in [-0.1, -0.05) is 0 Å². The number of rotatable bonds is 6. The highest BCUT2D eigenvalue weighted by Crippen LogP contribution is 2.19. The highest BCUT2D eigenvalue weighted by atomic mass is 16.5. The zero-order chi connectivity index (χ0) is 11.1. The largest absolute Gasteiger partial charge is 0.493 e. The molecule has 15 heavy (non-hydrogen) atoms. The number of pyridine rings is 1. The van der Waals surface area contributed by atoms with Gasteiger partial charge in [0.1, 0.15) is 5.75 Å². The normalized spacial score (nSPS) is 10.3. The van der Waals surface area contributed by atoms with Crippen molar-refractivity contribution in [2.45, 2.75) is 19.9 Å². The second-order valence-corrected chi connectivity index (χ2v) is 3.28. The molecule has 0 amide bonds. The van der Waals surface area contributed by atoms with E-state index in [0.29, 0.717) is 19.8 Å². The molecule has 0 atom stereocenters. The van der Waals surface area contributed by atoms with Gasteiger partial charge < -0.3 is 15.2 Å². The molecular weight excluding hydrogens is 192 g/mol. The van der Waals surface area contributed by atoms with E-state index in [1.54, 1.807) is 13.3 Å². The second-order valence-electron chi connectivity index (χ2n) is 3.28. The molecule has 2 N–H and O–H groups in total. The van der Waals surface area contributed by atoms with Gasteiger partial charge in [0.05, 0.1) is 12.3 Å². The van der Waals surface area contributed by atoms with E-state index in [1.807, 2.05) is 13.0 Å². The average Bonchev–Trinajstić information content (AvgIpc) is 2.26. The number of hydrogen-bond donors (Lipinski definition) is 1. The first-order valence-corrected chi connectivity index (χ1v) is 5.06. The molecule has 1 heterocycles. The number of nitrogens with zero attached hydrogens (tertiary/aromatic N) is 1. The highest BCUT2D eigenvalue weighted by Gasteiger charge is 2.04. The topological polar surface area (TPSA) is 57.4 Å². The fourth-order valence-electron chi connectivity index (χ4n) is 1.31. The predicted octanol–water partition coefficient (Wildman–Crippen LogP) is 1.26. The first kappa shape index (κ1) is 11.9. The van der Waals surface area contributed by atoms with Crippen molar-refractivity contribution in [1.29, 1.82) is 0 Å². The molecule has 84 valence electrons. The van der Waals surface area contributed by atoms with Gasteiger partial charge in [-0.2, -0.15) is 0 Å². The molecule has 0 aliphatic heterocycles. The Labute approximate surface area is 90.4 Å². The summed E-state index contributed by atoms with van der Waals surface area (Å²) in [6.45, 7) is 3.79. The molecule has 0 fully saturated rings. The van der Waals surface area contributed by atoms with E-state index in [4.69, 9.17) is 15.2 Å². The number of methoxy groups -OCH3 is 1. The Morgan fingerprint density at radius 3 is 2.87 bits per heavy atom. The Hall–Kier alpha value is -1.13. The zero-order valence-electron chi connectivity index (χ0n) is 9.32. The summed E-state index contributed by atoms with van der Waals surface area (Å²) in [5.41, 5.74) is 7.47. The van der Waals surface area contributed by atoms with E-state index in [0.717, 1.165) is 23.4 Å². The minimum atomic E-state index is 0.446. The fraction of sp³-hybridized carbons (Fsp3) is 0.545. The van der Waals surface area contributed by atoms with Gasteiger partial charge >= 0.3 is 0 Å². The van der Waals surface area contributed by atoms with E-state index in [1.165, 1.54) is 0 Å². The molecular formula is C11H18N2O2. The third-order valence-corrected chi connectivity index (χ3v) is 2.20. The van der Waals surface area contributed by atoms with Crippen LogP contribution in [0.1, 0.15) is 17.7 Å². The molecule has 4 nitrogen and oxygen atoms in total. The van der Waals surface area contributed by atoms with Gasteiger partial charge in [0.2, 0.25) is 0 Å². The summed E-state index contributed by atoms with van der Waals surface area (Å²) in [4.78, 5) is 4.17. The lowest BCUT2D eigenvalue weighted by atomic mass is 10.2. The molecule has 4 heteroatoms. The van der Waals surface area contributed by atoms with Gasteiger partial charge in [0.15, 0.2) is 0 Å². The van der Waals surface area contributed by atoms with Crippen LogP contribution in [0, 0.1) is 6.92 Å². The molecule has 1 rings (SSSR count). The van der Waals surface area contributed by atoms with Gasteiger partial charge in [0.25, 0.3) is 0 Å². The molecule has 0 aromatic carbocycles. The van der Waals surface area contributed by atoms with Crippen LogP contribution in [0.25, 0.3) is 0 Å². The third kappa shape index (κ3) is 3.49. The summed E-state index contributed by atoms with van der Waals surface area (Å²) in [6, 6.07) is 1.86. The van der Waals surface area contributed by atoms with E-state index in [2.05, 4.69) is 4.98 Å². The summed E-state index contributed by atoms with van der Waals surface area (Å²) in [5.74, 6) is 0.863. The molecule has 0 saturated carbocycles. The molecule has 0 spiro atoms. The maximum absolute atomic E-state index is 5.61. The Balaban J connectivity index is 2.53. The van der Waals surface area contributed by atoms with E-state index >= 15 is 0 Å². The molecule has 1 aromatic rings. The fourth-order valence-corrected chi connectivity index (χ4v) is 1.31. The smallest absolute Gasteiger partial charge is 0.125 e. The predicted molar refractivity (Wildman–Crippen MR) is 58.9 cm³/mol. The summed E-state index contributed by atoms with van der Waals surface area (Å²) in [6.07, 6.45) is 2.61. The maximum atomic E-state index is 5.61. The lowest BCUT2D eigenvalue weighted by Gasteiger charge is -2.10. The molecule has 0 aliphatic carbocycles. The molecule has 0 radical (unpaired) electrons. The Morgan fingerprint density at radius 1 is 1.40 bits per heavy atom. The molecule has 1 aromatic heterocycles. The van der Waals surface area contributed by atoms with Gasteiger partial charge in [0, 0.05) is 38.4 Å². The van der Waals surface area contributed by atoms with Crippen LogP contribution < -0.4 is 10.5 Å². The van der Waals surface area contributed by atoms with Gasteiger partial charge in [-0.25, -0.2) is 0 Å². The zero-order valence-corrected chi connectivity index (χ0v) is 9.32. The van der Waals surface area contributed by atoms with Crippen molar-refractivity contribution in [1.82, 2.24) is 4.98 Å². The van der Waals surface area contributed by atoms with Crippen molar-refractivity contribution in [2.24, 2.45) is 5.73 Å². The number of ether oxygens (including phenoxy) is 2. The van der Waals surface area contributed by atoms with Crippen LogP contribution in [-0.4, -0.2) is 25.3 Å². The van der Waals surface area contributed by atoms with Crippen molar-refractivity contribution >= 4 is 0 Å². The molecule has 0 bridgehead atoms. The lowest BCUT2D eigenvalue weighted by Crippen LogP contribution is -2.06. The van der Waals surface area contributed by atoms with Crippen LogP contribution in [0.4, 0.5) is 0 Å². The van der Waals surface area contributed by atoms with Crippen LogP contribution in [0.5, 0.6) is 5.75 Å². The monoisotopic (exact) mass is 210 g/mol. The minimum absolute atomic E-state index is 0.446. The third-order valence-electron chi connectivity index (χ3n) is 2.20. The summed E-state index contributed by atoms with van der Waals surface area (Å²) >= 11 is 0. The quantitative estimate of drug-likeness (QED) is 0.718. The first-order chi connectivity index (χ1) is 7.29. The van der Waals surface area contributed by atoms with Crippen LogP contribution in [0.15, 0.2) is 12.3 Å². The average molecular weight is 210 g/mol. The van der Waals surface area contributed by atoms with Crippen molar-refractivity contribution < 1.29 is 9.47 Å². The van der Waals surface area contributed by atoms with E-state index in [9.17, 15) is 0 Å². The van der Waals surface area contributed by atoms with Crippen molar-refractivity contribution in [3.63, 3.8) is 0 Å². The van der Waals surface area contributed by atoms with Gasteiger partial charge in [-0.15, -0.1) is 0 Å². The van der Waals surface area contributed by atoms with Crippen molar-refractivity contribution in [2.75, 3.05) is 20.3 Å². The minimum Gasteiger partial charge on any atom is -0.493 e. The molecule has 0 unspecified atom stereocenters. The van der Waals surface area contributed by atoms with E-state index in [-0.39, 0.29) is 0 Å². The summed E-state index contributed by atoms with van der Waals surface area (Å²) in [7, 11) is 1.68. The number of aromatic nitrogens is 1. The standard InChI is InChI=1S/C11H18N2O2/c1-9-10(8-12)13-5-4-11(9)15-7-3-6-14-2/h4-5H,3,6-8,12H2,1-2H3. The number of hydrogen-bond acceptors (Lipinski definition) is 4. The van der Waals surface area contributed by atoms with Gasteiger partial charge in [-0.05, 0) is 13.0 Å². The van der Waals surface area contributed by atoms with Gasteiger partial charge in [-0.3, -0.25) is 4.98 Å². The SMILES string of the molecule is COCCCOc1ccnc(CN)c1C. The van der Waals surface area contributed by atoms with Crippen LogP contribution in [0.2, 0.25) is 0 Å². The van der Waals surface area contributed by atoms with Crippen molar-refractivity contribution in [3.8, 4) is 5.75 Å². The Bertz CT molecular complexity index is 303. The molecule has 0 aliphatic rings. The number of nitrogens with two attached hydrogens (primary N) is 1. The second kappa shape index (κ2) is 6.37. The summed E-state index contributed by atoms with van der Waals surface area (Å²) in [5, 5.41) is 0. The van der Waals surface area contributed by atoms with Crippen LogP contribution >= 0.6 is 0 Å². The highest BCUT2D eigenvalue weighted by molar-refractivity contribution is 5.34. The van der Waals surface area contributed by atoms with Crippen molar-refractivity contribution in [3.05, 3.63) is 23.5 Å². The summed E-state index contributed by atoms with van der Waals surface area (Å²) < 4.78 is 10.5. The van der Waals surface area contributed by atoms with Crippen LogP contribution in [0.3, 0.4) is 0 Å².